The molecule has 18 heavy (non-hydrogen) atoms. The summed E-state index contributed by atoms with van der Waals surface area (Å²) in [7, 11) is 0. The summed E-state index contributed by atoms with van der Waals surface area (Å²) in [5.74, 6) is 0. The lowest BCUT2D eigenvalue weighted by molar-refractivity contribution is 0.105. The van der Waals surface area contributed by atoms with Crippen molar-refractivity contribution < 1.29 is 4.79 Å². The third-order valence-corrected chi connectivity index (χ3v) is 4.50. The summed E-state index contributed by atoms with van der Waals surface area (Å²) < 4.78 is 0. The van der Waals surface area contributed by atoms with Crippen LogP contribution in [0.1, 0.15) is 52.9 Å². The molecule has 2 fully saturated rings. The van der Waals surface area contributed by atoms with Gasteiger partial charge >= 0.3 is 6.03 Å². The molecule has 1 saturated heterocycles. The van der Waals surface area contributed by atoms with Crippen molar-refractivity contribution >= 4 is 6.03 Å². The molecule has 1 spiro atoms. The molecule has 0 radical (unpaired) electrons. The van der Waals surface area contributed by atoms with Gasteiger partial charge in [0.2, 0.25) is 0 Å². The molecule has 2 rings (SSSR count). The summed E-state index contributed by atoms with van der Waals surface area (Å²) in [5.41, 5.74) is 6.42. The van der Waals surface area contributed by atoms with Gasteiger partial charge in [0.15, 0.2) is 0 Å². The number of carbonyl (C=O) groups excluding carboxylic acids is 1. The summed E-state index contributed by atoms with van der Waals surface area (Å²) in [5, 5.41) is 3.03. The molecule has 1 aliphatic heterocycles. The molecular weight excluding hydrogens is 226 g/mol. The molecule has 1 unspecified atom stereocenters. The Bertz CT molecular complexity index is 313. The van der Waals surface area contributed by atoms with Crippen molar-refractivity contribution in [3.8, 4) is 0 Å². The third-order valence-electron chi connectivity index (χ3n) is 4.50. The fraction of sp³-hybridized carbons (Fsp3) is 0.929. The first-order valence-corrected chi connectivity index (χ1v) is 7.15. The van der Waals surface area contributed by atoms with Gasteiger partial charge in [0, 0.05) is 24.7 Å². The number of hydrogen-bond donors (Lipinski definition) is 2. The molecular formula is C14H27N3O. The smallest absolute Gasteiger partial charge is 0.317 e. The number of rotatable bonds is 0. The molecule has 0 aromatic rings. The fourth-order valence-corrected chi connectivity index (χ4v) is 3.34. The van der Waals surface area contributed by atoms with Crippen molar-refractivity contribution in [3.63, 3.8) is 0 Å². The summed E-state index contributed by atoms with van der Waals surface area (Å²) in [6.45, 7) is 7.76. The zero-order valence-electron chi connectivity index (χ0n) is 12.0. The molecule has 0 aromatic carbocycles. The van der Waals surface area contributed by atoms with Gasteiger partial charge < -0.3 is 16.0 Å². The van der Waals surface area contributed by atoms with Gasteiger partial charge in [0.05, 0.1) is 0 Å². The van der Waals surface area contributed by atoms with Crippen LogP contribution < -0.4 is 11.1 Å². The minimum atomic E-state index is -0.157. The van der Waals surface area contributed by atoms with Crippen LogP contribution in [-0.4, -0.2) is 35.6 Å². The minimum Gasteiger partial charge on any atom is -0.333 e. The van der Waals surface area contributed by atoms with Crippen LogP contribution in [0.25, 0.3) is 0 Å². The molecule has 1 heterocycles. The van der Waals surface area contributed by atoms with E-state index in [4.69, 9.17) is 5.73 Å². The number of nitrogens with two attached hydrogens (primary N) is 1. The van der Waals surface area contributed by atoms with Gasteiger partial charge in [-0.3, -0.25) is 0 Å². The van der Waals surface area contributed by atoms with E-state index in [2.05, 4.69) is 5.32 Å². The predicted octanol–water partition coefficient (Wildman–Crippen LogP) is 2.09. The molecule has 3 N–H and O–H groups in total. The quantitative estimate of drug-likeness (QED) is 0.694. The second-order valence-electron chi connectivity index (χ2n) is 7.03. The highest BCUT2D eigenvalue weighted by Crippen LogP contribution is 2.45. The normalized spacial score (nSPS) is 27.6. The Morgan fingerprint density at radius 1 is 1.28 bits per heavy atom. The highest BCUT2D eigenvalue weighted by atomic mass is 16.2. The second kappa shape index (κ2) is 4.72. The maximum atomic E-state index is 12.1. The average molecular weight is 253 g/mol. The largest absolute Gasteiger partial charge is 0.333 e. The molecule has 2 amide bonds. The molecule has 1 aliphatic carbocycles. The Hall–Kier alpha value is -0.770. The van der Waals surface area contributed by atoms with Crippen molar-refractivity contribution in [2.24, 2.45) is 11.1 Å². The minimum absolute atomic E-state index is 0.0731. The van der Waals surface area contributed by atoms with Crippen molar-refractivity contribution in [3.05, 3.63) is 0 Å². The highest BCUT2D eigenvalue weighted by molar-refractivity contribution is 5.75. The van der Waals surface area contributed by atoms with Crippen LogP contribution >= 0.6 is 0 Å². The molecule has 4 heteroatoms. The lowest BCUT2D eigenvalue weighted by atomic mass is 9.74. The molecule has 4 nitrogen and oxygen atoms in total. The summed E-state index contributed by atoms with van der Waals surface area (Å²) in [6, 6.07) is 0.425. The van der Waals surface area contributed by atoms with E-state index in [-0.39, 0.29) is 11.6 Å². The van der Waals surface area contributed by atoms with E-state index in [1.165, 1.54) is 12.8 Å². The topological polar surface area (TPSA) is 58.4 Å². The molecule has 2 aliphatic rings. The Balaban J connectivity index is 1.89. The second-order valence-corrected chi connectivity index (χ2v) is 7.03. The Kier molecular flexibility index (Phi) is 3.58. The van der Waals surface area contributed by atoms with E-state index in [0.29, 0.717) is 11.5 Å². The van der Waals surface area contributed by atoms with Gasteiger partial charge in [0.25, 0.3) is 0 Å². The number of carbonyl (C=O) groups is 1. The van der Waals surface area contributed by atoms with Crippen LogP contribution in [0, 0.1) is 5.41 Å². The first-order chi connectivity index (χ1) is 8.32. The monoisotopic (exact) mass is 253 g/mol. The number of amides is 2. The van der Waals surface area contributed by atoms with Crippen molar-refractivity contribution in [1.82, 2.24) is 10.2 Å². The van der Waals surface area contributed by atoms with Crippen LogP contribution in [0.5, 0.6) is 0 Å². The predicted molar refractivity (Wildman–Crippen MR) is 73.4 cm³/mol. The molecule has 1 saturated carbocycles. The van der Waals surface area contributed by atoms with Crippen molar-refractivity contribution in [2.45, 2.75) is 64.5 Å². The lowest BCUT2D eigenvalue weighted by Gasteiger charge is -2.42. The number of nitrogens with zero attached hydrogens (tertiary/aromatic N) is 1. The number of nitrogens with one attached hydrogen (secondary N) is 1. The molecule has 0 bridgehead atoms. The van der Waals surface area contributed by atoms with E-state index in [1.807, 2.05) is 25.7 Å². The van der Waals surface area contributed by atoms with Gasteiger partial charge in [0.1, 0.15) is 0 Å². The lowest BCUT2D eigenvalue weighted by Crippen LogP contribution is -2.54. The van der Waals surface area contributed by atoms with E-state index < -0.39 is 0 Å². The first-order valence-electron chi connectivity index (χ1n) is 7.15. The molecule has 0 aromatic heterocycles. The standard InChI is InChI=1S/C14H27N3O/c1-13(2,3)16-12(18)17-9-7-14(8-10-17)6-4-5-11(14)15/h11H,4-10,15H2,1-3H3,(H,16,18). The van der Waals surface area contributed by atoms with Gasteiger partial charge in [-0.1, -0.05) is 6.42 Å². The van der Waals surface area contributed by atoms with Crippen LogP contribution in [0.4, 0.5) is 4.79 Å². The zero-order valence-corrected chi connectivity index (χ0v) is 12.0. The summed E-state index contributed by atoms with van der Waals surface area (Å²) in [4.78, 5) is 14.0. The van der Waals surface area contributed by atoms with Crippen LogP contribution in [0.2, 0.25) is 0 Å². The fourth-order valence-electron chi connectivity index (χ4n) is 3.34. The summed E-state index contributed by atoms with van der Waals surface area (Å²) >= 11 is 0. The van der Waals surface area contributed by atoms with Crippen molar-refractivity contribution in [1.29, 1.82) is 0 Å². The number of hydrogen-bond acceptors (Lipinski definition) is 2. The molecule has 1 atom stereocenters. The average Bonchev–Trinajstić information content (AvgIpc) is 2.59. The van der Waals surface area contributed by atoms with Gasteiger partial charge in [-0.05, 0) is 51.9 Å². The van der Waals surface area contributed by atoms with Crippen LogP contribution in [0.15, 0.2) is 0 Å². The first kappa shape index (κ1) is 13.7. The number of piperidine rings is 1. The SMILES string of the molecule is CC(C)(C)NC(=O)N1CCC2(CCCC2N)CC1. The van der Waals surface area contributed by atoms with Crippen molar-refractivity contribution in [2.75, 3.05) is 13.1 Å². The van der Waals surface area contributed by atoms with Gasteiger partial charge in [-0.25, -0.2) is 4.79 Å². The van der Waals surface area contributed by atoms with E-state index in [0.717, 1.165) is 32.4 Å². The maximum absolute atomic E-state index is 12.1. The summed E-state index contributed by atoms with van der Waals surface area (Å²) in [6.07, 6.45) is 5.82. The van der Waals surface area contributed by atoms with Crippen LogP contribution in [-0.2, 0) is 0 Å². The number of urea groups is 1. The van der Waals surface area contributed by atoms with E-state index in [9.17, 15) is 4.79 Å². The Labute approximate surface area is 110 Å². The maximum Gasteiger partial charge on any atom is 0.317 e. The van der Waals surface area contributed by atoms with E-state index in [1.54, 1.807) is 0 Å². The zero-order chi connectivity index (χ0) is 13.4. The highest BCUT2D eigenvalue weighted by Gasteiger charge is 2.43. The third kappa shape index (κ3) is 2.79. The Morgan fingerprint density at radius 2 is 1.89 bits per heavy atom. The Morgan fingerprint density at radius 3 is 2.33 bits per heavy atom. The number of likely N-dealkylation sites (tertiary alicyclic amines) is 1. The van der Waals surface area contributed by atoms with Crippen LogP contribution in [0.3, 0.4) is 0 Å². The van der Waals surface area contributed by atoms with E-state index >= 15 is 0 Å². The van der Waals surface area contributed by atoms with Gasteiger partial charge in [-0.15, -0.1) is 0 Å². The molecule has 104 valence electrons. The van der Waals surface area contributed by atoms with Gasteiger partial charge in [-0.2, -0.15) is 0 Å².